The molecule has 3 aromatic rings. The van der Waals surface area contributed by atoms with Gasteiger partial charge in [0, 0.05) is 18.2 Å². The zero-order valence-corrected chi connectivity index (χ0v) is 27.5. The van der Waals surface area contributed by atoms with Gasteiger partial charge in [0.25, 0.3) is 5.91 Å². The summed E-state index contributed by atoms with van der Waals surface area (Å²) in [7, 11) is 0. The Hall–Kier alpha value is -3.27. The number of amides is 1. The average molecular weight is 572 g/mol. The lowest BCUT2D eigenvalue weighted by atomic mass is 9.83. The second-order valence-corrected chi connectivity index (χ2v) is 14.1. The standard InChI is InChI=1S/C38H53NO3/c1-10-11-21-39(36(42)30-15-13-12-14-16-30)31(19-17-28-22-26(2)34(40)32(24-28)37(4,5)6)20-18-29-23-27(3)35(41)33(25-29)38(7,8)9/h12-16,22-25,31,40-41H,10-11,17-21H2,1-9H3. The molecule has 0 aliphatic rings. The first-order chi connectivity index (χ1) is 19.6. The average Bonchev–Trinajstić information content (AvgIpc) is 2.92. The first-order valence-electron chi connectivity index (χ1n) is 15.7. The van der Waals surface area contributed by atoms with Crippen LogP contribution in [-0.4, -0.2) is 33.6 Å². The van der Waals surface area contributed by atoms with Crippen molar-refractivity contribution in [2.45, 2.75) is 118 Å². The fourth-order valence-electron chi connectivity index (χ4n) is 5.79. The molecule has 0 atom stereocenters. The molecule has 0 bridgehead atoms. The number of benzene rings is 3. The Balaban J connectivity index is 1.98. The minimum absolute atomic E-state index is 0.0450. The molecule has 0 saturated heterocycles. The summed E-state index contributed by atoms with van der Waals surface area (Å²) in [6, 6.07) is 18.2. The number of aryl methyl sites for hydroxylation is 4. The minimum atomic E-state index is -0.165. The summed E-state index contributed by atoms with van der Waals surface area (Å²) in [5, 5.41) is 21.6. The fourth-order valence-corrected chi connectivity index (χ4v) is 5.79. The van der Waals surface area contributed by atoms with Crippen LogP contribution in [0.15, 0.2) is 54.6 Å². The van der Waals surface area contributed by atoms with Gasteiger partial charge in [-0.1, -0.05) is 97.4 Å². The molecule has 3 aromatic carbocycles. The van der Waals surface area contributed by atoms with Gasteiger partial charge in [-0.15, -0.1) is 0 Å². The molecule has 0 aliphatic carbocycles. The van der Waals surface area contributed by atoms with E-state index in [0.717, 1.165) is 72.9 Å². The molecule has 1 amide bonds. The first kappa shape index (κ1) is 33.2. The van der Waals surface area contributed by atoms with Crippen molar-refractivity contribution in [1.82, 2.24) is 4.90 Å². The number of carbonyl (C=O) groups excluding carboxylic acids is 1. The maximum atomic E-state index is 13.9. The van der Waals surface area contributed by atoms with E-state index in [1.165, 1.54) is 11.1 Å². The van der Waals surface area contributed by atoms with Crippen LogP contribution in [0.1, 0.15) is 118 Å². The third kappa shape index (κ3) is 8.40. The van der Waals surface area contributed by atoms with E-state index in [1.807, 2.05) is 44.2 Å². The molecule has 0 spiro atoms. The van der Waals surface area contributed by atoms with Crippen LogP contribution in [0.25, 0.3) is 0 Å². The number of carbonyl (C=O) groups is 1. The number of phenolic OH excluding ortho intramolecular Hbond substituents is 2. The van der Waals surface area contributed by atoms with Gasteiger partial charge in [-0.2, -0.15) is 0 Å². The zero-order chi connectivity index (χ0) is 31.2. The number of nitrogens with zero attached hydrogens (tertiary/aromatic N) is 1. The van der Waals surface area contributed by atoms with Crippen LogP contribution in [0.5, 0.6) is 11.5 Å². The summed E-state index contributed by atoms with van der Waals surface area (Å²) in [4.78, 5) is 16.0. The Labute approximate surface area is 254 Å². The summed E-state index contributed by atoms with van der Waals surface area (Å²) >= 11 is 0. The number of aromatic hydroxyl groups is 2. The lowest BCUT2D eigenvalue weighted by Crippen LogP contribution is -2.41. The third-order valence-electron chi connectivity index (χ3n) is 8.34. The largest absolute Gasteiger partial charge is 0.507 e. The topological polar surface area (TPSA) is 60.8 Å². The number of unbranched alkanes of at least 4 members (excludes halogenated alkanes) is 1. The second kappa shape index (κ2) is 13.8. The third-order valence-corrected chi connectivity index (χ3v) is 8.34. The molecule has 42 heavy (non-hydrogen) atoms. The Morgan fingerprint density at radius 3 is 1.62 bits per heavy atom. The summed E-state index contributed by atoms with van der Waals surface area (Å²) in [6.45, 7) is 19.6. The van der Waals surface area contributed by atoms with Gasteiger partial charge in [0.05, 0.1) is 0 Å². The van der Waals surface area contributed by atoms with Gasteiger partial charge in [-0.05, 0) is 102 Å². The summed E-state index contributed by atoms with van der Waals surface area (Å²) in [5.41, 5.74) is 6.50. The van der Waals surface area contributed by atoms with Crippen molar-refractivity contribution >= 4 is 5.91 Å². The highest BCUT2D eigenvalue weighted by Gasteiger charge is 2.26. The van der Waals surface area contributed by atoms with Crippen molar-refractivity contribution in [2.24, 2.45) is 0 Å². The van der Waals surface area contributed by atoms with Gasteiger partial charge >= 0.3 is 0 Å². The van der Waals surface area contributed by atoms with Crippen molar-refractivity contribution in [3.63, 3.8) is 0 Å². The van der Waals surface area contributed by atoms with Gasteiger partial charge in [0.2, 0.25) is 0 Å². The smallest absolute Gasteiger partial charge is 0.254 e. The maximum Gasteiger partial charge on any atom is 0.254 e. The molecule has 228 valence electrons. The summed E-state index contributed by atoms with van der Waals surface area (Å²) in [5.74, 6) is 0.844. The van der Waals surface area contributed by atoms with Crippen molar-refractivity contribution in [2.75, 3.05) is 6.54 Å². The maximum absolute atomic E-state index is 13.9. The van der Waals surface area contributed by atoms with Crippen LogP contribution in [0, 0.1) is 13.8 Å². The van der Waals surface area contributed by atoms with Gasteiger partial charge in [0.1, 0.15) is 11.5 Å². The van der Waals surface area contributed by atoms with Crippen molar-refractivity contribution in [3.05, 3.63) is 93.5 Å². The van der Waals surface area contributed by atoms with Gasteiger partial charge in [-0.3, -0.25) is 4.79 Å². The molecule has 0 aromatic heterocycles. The van der Waals surface area contributed by atoms with Crippen molar-refractivity contribution in [3.8, 4) is 11.5 Å². The molecule has 4 heteroatoms. The Morgan fingerprint density at radius 1 is 0.762 bits per heavy atom. The first-order valence-corrected chi connectivity index (χ1v) is 15.7. The van der Waals surface area contributed by atoms with E-state index in [-0.39, 0.29) is 22.8 Å². The van der Waals surface area contributed by atoms with E-state index in [1.54, 1.807) is 0 Å². The number of phenols is 2. The number of hydrogen-bond donors (Lipinski definition) is 2. The molecular formula is C38H53NO3. The van der Waals surface area contributed by atoms with E-state index in [0.29, 0.717) is 11.5 Å². The molecule has 3 rings (SSSR count). The van der Waals surface area contributed by atoms with Crippen molar-refractivity contribution in [1.29, 1.82) is 0 Å². The van der Waals surface area contributed by atoms with E-state index < -0.39 is 0 Å². The predicted molar refractivity (Wildman–Crippen MR) is 176 cm³/mol. The lowest BCUT2D eigenvalue weighted by Gasteiger charge is -2.33. The monoisotopic (exact) mass is 571 g/mol. The fraction of sp³-hybridized carbons (Fsp3) is 0.500. The molecule has 0 heterocycles. The van der Waals surface area contributed by atoms with Gasteiger partial charge in [-0.25, -0.2) is 0 Å². The summed E-state index contributed by atoms with van der Waals surface area (Å²) in [6.07, 6.45) is 5.28. The molecule has 0 aliphatic heterocycles. The lowest BCUT2D eigenvalue weighted by molar-refractivity contribution is 0.0655. The number of hydrogen-bond acceptors (Lipinski definition) is 3. The Bertz CT molecular complexity index is 1270. The van der Waals surface area contributed by atoms with Crippen molar-refractivity contribution < 1.29 is 15.0 Å². The van der Waals surface area contributed by atoms with E-state index in [4.69, 9.17) is 0 Å². The molecule has 0 unspecified atom stereocenters. The highest BCUT2D eigenvalue weighted by molar-refractivity contribution is 5.94. The van der Waals surface area contributed by atoms with Gasteiger partial charge in [0.15, 0.2) is 0 Å². The second-order valence-electron chi connectivity index (χ2n) is 14.1. The van der Waals surface area contributed by atoms with Gasteiger partial charge < -0.3 is 15.1 Å². The van der Waals surface area contributed by atoms with Crippen LogP contribution in [0.2, 0.25) is 0 Å². The molecule has 2 N–H and O–H groups in total. The van der Waals surface area contributed by atoms with Crippen LogP contribution >= 0.6 is 0 Å². The molecular weight excluding hydrogens is 518 g/mol. The predicted octanol–water partition coefficient (Wildman–Crippen LogP) is 9.19. The molecule has 0 radical (unpaired) electrons. The Morgan fingerprint density at radius 2 is 1.21 bits per heavy atom. The molecule has 0 saturated carbocycles. The molecule has 0 fully saturated rings. The Kier molecular flexibility index (Phi) is 10.9. The number of rotatable bonds is 11. The molecule has 4 nitrogen and oxygen atoms in total. The van der Waals surface area contributed by atoms with E-state index in [9.17, 15) is 15.0 Å². The zero-order valence-electron chi connectivity index (χ0n) is 27.5. The van der Waals surface area contributed by atoms with Crippen LogP contribution in [0.3, 0.4) is 0 Å². The van der Waals surface area contributed by atoms with E-state index in [2.05, 4.69) is 77.6 Å². The highest BCUT2D eigenvalue weighted by atomic mass is 16.3. The summed E-state index contributed by atoms with van der Waals surface area (Å²) < 4.78 is 0. The minimum Gasteiger partial charge on any atom is -0.507 e. The normalized spacial score (nSPS) is 12.1. The highest BCUT2D eigenvalue weighted by Crippen LogP contribution is 2.36. The van der Waals surface area contributed by atoms with Crippen LogP contribution in [0.4, 0.5) is 0 Å². The van der Waals surface area contributed by atoms with E-state index >= 15 is 0 Å². The van der Waals surface area contributed by atoms with Crippen LogP contribution < -0.4 is 0 Å². The quantitative estimate of drug-likeness (QED) is 0.241. The van der Waals surface area contributed by atoms with Crippen LogP contribution in [-0.2, 0) is 23.7 Å². The SMILES string of the molecule is CCCCN(C(=O)c1ccccc1)C(CCc1cc(C)c(O)c(C(C)(C)C)c1)CCc1cc(C)c(O)c(C(C)(C)C)c1.